The molecular formula is C10H16O2. The van der Waals surface area contributed by atoms with Gasteiger partial charge in [0.1, 0.15) is 0 Å². The minimum absolute atomic E-state index is 0.718. The van der Waals surface area contributed by atoms with Gasteiger partial charge in [0.2, 0.25) is 0 Å². The molecule has 0 aromatic rings. The van der Waals surface area contributed by atoms with E-state index >= 15 is 0 Å². The SMILES string of the molecule is CCCCCCCC#[11C]C(=O)O. The lowest BCUT2D eigenvalue weighted by Crippen LogP contribution is -1.86. The van der Waals surface area contributed by atoms with Crippen molar-refractivity contribution in [2.45, 2.75) is 45.4 Å². The highest BCUT2D eigenvalue weighted by Crippen LogP contribution is 2.03. The normalized spacial score (nSPS) is 8.75. The lowest BCUT2D eigenvalue weighted by Gasteiger charge is -1.93. The van der Waals surface area contributed by atoms with Crippen molar-refractivity contribution in [2.75, 3.05) is 0 Å². The van der Waals surface area contributed by atoms with Crippen molar-refractivity contribution in [3.05, 3.63) is 0 Å². The number of unbranched alkanes of at least 4 members (excludes halogenated alkanes) is 5. The summed E-state index contributed by atoms with van der Waals surface area (Å²) in [6.45, 7) is 2.17. The third kappa shape index (κ3) is 9.03. The summed E-state index contributed by atoms with van der Waals surface area (Å²) in [5.41, 5.74) is 0. The molecule has 0 saturated heterocycles. The number of hydrogen-bond acceptors (Lipinski definition) is 1. The molecule has 2 nitrogen and oxygen atoms in total. The maximum atomic E-state index is 9.96. The molecule has 0 bridgehead atoms. The Kier molecular flexibility index (Phi) is 7.47. The summed E-state index contributed by atoms with van der Waals surface area (Å²) in [6.07, 6.45) is 6.66. The molecule has 0 aromatic carbocycles. The van der Waals surface area contributed by atoms with Gasteiger partial charge in [0.05, 0.1) is 0 Å². The van der Waals surface area contributed by atoms with Crippen LogP contribution in [0.2, 0.25) is 0 Å². The first-order valence-corrected chi connectivity index (χ1v) is 4.49. The summed E-state index contributed by atoms with van der Waals surface area (Å²) in [5, 5.41) is 8.18. The number of carboxylic acids is 1. The van der Waals surface area contributed by atoms with Crippen LogP contribution in [0.4, 0.5) is 0 Å². The summed E-state index contributed by atoms with van der Waals surface area (Å²) < 4.78 is 0. The van der Waals surface area contributed by atoms with Crippen molar-refractivity contribution in [2.24, 2.45) is 0 Å². The molecule has 0 unspecified atom stereocenters. The zero-order valence-electron chi connectivity index (χ0n) is 7.60. The largest absolute Gasteiger partial charge is 0.472 e. The van der Waals surface area contributed by atoms with Crippen molar-refractivity contribution in [3.8, 4) is 11.8 Å². The van der Waals surface area contributed by atoms with Crippen LogP contribution in [-0.2, 0) is 4.79 Å². The fourth-order valence-corrected chi connectivity index (χ4v) is 0.955. The minimum atomic E-state index is -1.02. The highest BCUT2D eigenvalue weighted by atomic mass is 16.4. The average Bonchev–Trinajstić information content (AvgIpc) is 2.02. The van der Waals surface area contributed by atoms with Crippen molar-refractivity contribution in [1.82, 2.24) is 0 Å². The van der Waals surface area contributed by atoms with Crippen LogP contribution in [0.5, 0.6) is 0 Å². The second kappa shape index (κ2) is 8.13. The zero-order chi connectivity index (χ0) is 9.23. The van der Waals surface area contributed by atoms with Crippen LogP contribution in [0.3, 0.4) is 0 Å². The van der Waals surface area contributed by atoms with Crippen molar-refractivity contribution in [3.63, 3.8) is 0 Å². The lowest BCUT2D eigenvalue weighted by atomic mass is 10.1. The molecule has 0 heterocycles. The molecule has 0 aromatic heterocycles. The summed E-state index contributed by atoms with van der Waals surface area (Å²) in [5.74, 6) is 3.69. The third-order valence-electron chi connectivity index (χ3n) is 1.60. The van der Waals surface area contributed by atoms with Crippen LogP contribution >= 0.6 is 0 Å². The second-order valence-electron chi connectivity index (χ2n) is 2.77. The molecule has 0 aliphatic carbocycles. The van der Waals surface area contributed by atoms with Crippen molar-refractivity contribution in [1.29, 1.82) is 0 Å². The van der Waals surface area contributed by atoms with E-state index in [1.807, 2.05) is 0 Å². The first-order valence-electron chi connectivity index (χ1n) is 4.49. The molecule has 0 amide bonds. The first kappa shape index (κ1) is 11.0. The number of aliphatic carboxylic acids is 1. The van der Waals surface area contributed by atoms with E-state index in [-0.39, 0.29) is 0 Å². The number of carboxylic acid groups (broad SMARTS) is 1. The smallest absolute Gasteiger partial charge is 0.381 e. The molecular weight excluding hydrogens is 151 g/mol. The Bertz CT molecular complexity index is 174. The van der Waals surface area contributed by atoms with Gasteiger partial charge in [-0.1, -0.05) is 38.5 Å². The summed E-state index contributed by atoms with van der Waals surface area (Å²) >= 11 is 0. The van der Waals surface area contributed by atoms with Crippen LogP contribution in [-0.4, -0.2) is 11.1 Å². The van der Waals surface area contributed by atoms with Gasteiger partial charge in [-0.25, -0.2) is 4.79 Å². The fraction of sp³-hybridized carbons (Fsp3) is 0.700. The standard InChI is InChI=1S/C10H16O2/c1-2-3-4-5-6-7-8-9-10(11)12/h2-7H2,1H3,(H,11,12)/i9-1. The van der Waals surface area contributed by atoms with Gasteiger partial charge in [-0.15, -0.1) is 0 Å². The molecule has 0 aliphatic rings. The second-order valence-corrected chi connectivity index (χ2v) is 2.77. The van der Waals surface area contributed by atoms with E-state index in [0.717, 1.165) is 12.8 Å². The number of rotatable bonds is 5. The van der Waals surface area contributed by atoms with Gasteiger partial charge in [-0.3, -0.25) is 0 Å². The Hall–Kier alpha value is -0.970. The lowest BCUT2D eigenvalue weighted by molar-refractivity contribution is -0.130. The Labute approximate surface area is 74.0 Å². The molecule has 1 N–H and O–H groups in total. The van der Waals surface area contributed by atoms with Crippen LogP contribution in [0, 0.1) is 11.8 Å². The maximum absolute atomic E-state index is 9.96. The van der Waals surface area contributed by atoms with Gasteiger partial charge in [-0.2, -0.15) is 0 Å². The highest BCUT2D eigenvalue weighted by Gasteiger charge is 1.87. The van der Waals surface area contributed by atoms with E-state index < -0.39 is 5.97 Å². The van der Waals surface area contributed by atoms with Gasteiger partial charge in [0.15, 0.2) is 0 Å². The van der Waals surface area contributed by atoms with Gasteiger partial charge in [0.25, 0.3) is 0 Å². The molecule has 0 rings (SSSR count). The van der Waals surface area contributed by atoms with E-state index in [2.05, 4.69) is 18.8 Å². The van der Waals surface area contributed by atoms with E-state index in [1.165, 1.54) is 25.7 Å². The Morgan fingerprint density at radius 2 is 1.92 bits per heavy atom. The van der Waals surface area contributed by atoms with E-state index in [9.17, 15) is 4.79 Å². The molecule has 0 spiro atoms. The Balaban J connectivity index is 3.12. The molecule has 0 saturated carbocycles. The minimum Gasteiger partial charge on any atom is -0.472 e. The van der Waals surface area contributed by atoms with Crippen molar-refractivity contribution >= 4 is 5.97 Å². The maximum Gasteiger partial charge on any atom is 0.381 e. The van der Waals surface area contributed by atoms with Crippen LogP contribution < -0.4 is 0 Å². The zero-order valence-corrected chi connectivity index (χ0v) is 7.60. The molecule has 68 valence electrons. The summed E-state index contributed by atoms with van der Waals surface area (Å²) in [4.78, 5) is 9.96. The first-order chi connectivity index (χ1) is 5.77. The predicted octanol–water partition coefficient (Wildman–Crippen LogP) is 2.43. The van der Waals surface area contributed by atoms with Gasteiger partial charge in [-0.05, 0) is 6.42 Å². The molecule has 0 aliphatic heterocycles. The van der Waals surface area contributed by atoms with E-state index in [4.69, 9.17) is 5.11 Å². The summed E-state index contributed by atoms with van der Waals surface area (Å²) in [6, 6.07) is 0. The third-order valence-corrected chi connectivity index (χ3v) is 1.60. The van der Waals surface area contributed by atoms with Gasteiger partial charge in [0, 0.05) is 12.3 Å². The average molecular weight is 167 g/mol. The molecule has 0 atom stereocenters. The van der Waals surface area contributed by atoms with E-state index in [0.29, 0.717) is 0 Å². The molecule has 0 radical (unpaired) electrons. The van der Waals surface area contributed by atoms with Crippen LogP contribution in [0.15, 0.2) is 0 Å². The molecule has 0 fully saturated rings. The van der Waals surface area contributed by atoms with Crippen molar-refractivity contribution < 1.29 is 9.90 Å². The molecule has 2 heteroatoms. The highest BCUT2D eigenvalue weighted by molar-refractivity contribution is 5.86. The monoisotopic (exact) mass is 167 g/mol. The quantitative estimate of drug-likeness (QED) is 0.504. The fourth-order valence-electron chi connectivity index (χ4n) is 0.955. The topological polar surface area (TPSA) is 37.3 Å². The molecule has 12 heavy (non-hydrogen) atoms. The Morgan fingerprint density at radius 3 is 2.50 bits per heavy atom. The number of hydrogen-bond donors (Lipinski definition) is 1. The number of carbonyl (C=O) groups is 1. The predicted molar refractivity (Wildman–Crippen MR) is 48.8 cm³/mol. The van der Waals surface area contributed by atoms with Gasteiger partial charge < -0.3 is 5.11 Å². The van der Waals surface area contributed by atoms with Gasteiger partial charge >= 0.3 is 5.97 Å². The van der Waals surface area contributed by atoms with E-state index in [1.54, 1.807) is 0 Å². The summed E-state index contributed by atoms with van der Waals surface area (Å²) in [7, 11) is 0. The van der Waals surface area contributed by atoms with Crippen LogP contribution in [0.1, 0.15) is 45.4 Å². The Morgan fingerprint density at radius 1 is 1.25 bits per heavy atom. The van der Waals surface area contributed by atoms with Crippen LogP contribution in [0.25, 0.3) is 0 Å².